The number of nitrogens with one attached hydrogen (secondary N) is 1. The Labute approximate surface area is 128 Å². The zero-order valence-electron chi connectivity index (χ0n) is 13.2. The van der Waals surface area contributed by atoms with Crippen LogP contribution in [0.2, 0.25) is 0 Å². The third-order valence-corrected chi connectivity index (χ3v) is 5.48. The summed E-state index contributed by atoms with van der Waals surface area (Å²) < 4.78 is 5.32. The summed E-state index contributed by atoms with van der Waals surface area (Å²) in [7, 11) is 2.08. The molecule has 2 bridgehead atoms. The minimum Gasteiger partial charge on any atom is -0.378 e. The van der Waals surface area contributed by atoms with E-state index in [2.05, 4.69) is 17.3 Å². The van der Waals surface area contributed by atoms with Crippen molar-refractivity contribution in [3.8, 4) is 0 Å². The molecule has 0 aromatic carbocycles. The number of hydrogen-bond acceptors (Lipinski definition) is 4. The van der Waals surface area contributed by atoms with Crippen molar-refractivity contribution in [2.45, 2.75) is 56.7 Å². The number of fused-ring (bicyclic) bond motifs is 2. The number of nitrogens with zero attached hydrogens (tertiary/aromatic N) is 2. The molecule has 0 aliphatic carbocycles. The minimum atomic E-state index is 0.312. The molecule has 0 aromatic rings. The molecule has 2 unspecified atom stereocenters. The second kappa shape index (κ2) is 7.07. The predicted molar refractivity (Wildman–Crippen MR) is 82.2 cm³/mol. The standard InChI is InChI=1S/C16H29N3O2/c1-17-13-11-14-3-2-4-15(12-13)19(14)6-5-16(20)18-7-9-21-10-8-18/h13-15,17H,2-12H2,1H3. The number of carbonyl (C=O) groups is 1. The van der Waals surface area contributed by atoms with Crippen molar-refractivity contribution < 1.29 is 9.53 Å². The summed E-state index contributed by atoms with van der Waals surface area (Å²) in [6, 6.07) is 2.05. The second-order valence-corrected chi connectivity index (χ2v) is 6.68. The normalized spacial score (nSPS) is 34.0. The highest BCUT2D eigenvalue weighted by Crippen LogP contribution is 2.34. The maximum atomic E-state index is 12.3. The highest BCUT2D eigenvalue weighted by Gasteiger charge is 2.37. The summed E-state index contributed by atoms with van der Waals surface area (Å²) in [6.45, 7) is 3.89. The van der Waals surface area contributed by atoms with Gasteiger partial charge in [-0.05, 0) is 32.7 Å². The van der Waals surface area contributed by atoms with Gasteiger partial charge in [-0.1, -0.05) is 6.42 Å². The van der Waals surface area contributed by atoms with Crippen LogP contribution in [0.1, 0.15) is 38.5 Å². The van der Waals surface area contributed by atoms with Crippen LogP contribution in [0.4, 0.5) is 0 Å². The van der Waals surface area contributed by atoms with Crippen LogP contribution >= 0.6 is 0 Å². The molecule has 1 N–H and O–H groups in total. The van der Waals surface area contributed by atoms with Crippen LogP contribution in [0, 0.1) is 0 Å². The lowest BCUT2D eigenvalue weighted by atomic mass is 9.81. The molecule has 2 atom stereocenters. The van der Waals surface area contributed by atoms with Gasteiger partial charge in [0, 0.05) is 44.2 Å². The lowest BCUT2D eigenvalue weighted by Gasteiger charge is -2.49. The molecule has 1 amide bonds. The van der Waals surface area contributed by atoms with Crippen molar-refractivity contribution in [2.24, 2.45) is 0 Å². The zero-order valence-corrected chi connectivity index (χ0v) is 13.2. The molecule has 0 spiro atoms. The monoisotopic (exact) mass is 295 g/mol. The molecule has 3 heterocycles. The Morgan fingerprint density at radius 1 is 1.19 bits per heavy atom. The number of morpholine rings is 1. The zero-order chi connectivity index (χ0) is 14.7. The van der Waals surface area contributed by atoms with Crippen LogP contribution in [-0.4, -0.2) is 73.7 Å². The maximum absolute atomic E-state index is 12.3. The number of hydrogen-bond donors (Lipinski definition) is 1. The van der Waals surface area contributed by atoms with E-state index in [9.17, 15) is 4.79 Å². The molecule has 0 radical (unpaired) electrons. The Bertz CT molecular complexity index is 343. The van der Waals surface area contributed by atoms with E-state index in [1.165, 1.54) is 32.1 Å². The number of ether oxygens (including phenoxy) is 1. The maximum Gasteiger partial charge on any atom is 0.224 e. The molecule has 3 aliphatic heterocycles. The molecule has 5 heteroatoms. The third-order valence-electron chi connectivity index (χ3n) is 5.48. The molecule has 5 nitrogen and oxygen atoms in total. The van der Waals surface area contributed by atoms with Gasteiger partial charge in [-0.15, -0.1) is 0 Å². The predicted octanol–water partition coefficient (Wildman–Crippen LogP) is 0.840. The summed E-state index contributed by atoms with van der Waals surface area (Å²) in [5.74, 6) is 0.312. The van der Waals surface area contributed by atoms with E-state index < -0.39 is 0 Å². The Morgan fingerprint density at radius 2 is 1.86 bits per heavy atom. The highest BCUT2D eigenvalue weighted by molar-refractivity contribution is 5.76. The second-order valence-electron chi connectivity index (χ2n) is 6.68. The summed E-state index contributed by atoms with van der Waals surface area (Å²) in [4.78, 5) is 16.9. The van der Waals surface area contributed by atoms with Gasteiger partial charge in [-0.25, -0.2) is 0 Å². The molecule has 0 aromatic heterocycles. The lowest BCUT2D eigenvalue weighted by molar-refractivity contribution is -0.136. The summed E-state index contributed by atoms with van der Waals surface area (Å²) in [6.07, 6.45) is 7.15. The number of piperidine rings is 2. The molecule has 0 saturated carbocycles. The highest BCUT2D eigenvalue weighted by atomic mass is 16.5. The smallest absolute Gasteiger partial charge is 0.224 e. The number of rotatable bonds is 4. The summed E-state index contributed by atoms with van der Waals surface area (Å²) >= 11 is 0. The van der Waals surface area contributed by atoms with Gasteiger partial charge in [0.1, 0.15) is 0 Å². The number of amides is 1. The van der Waals surface area contributed by atoms with Crippen LogP contribution in [0.3, 0.4) is 0 Å². The SMILES string of the molecule is CNC1CC2CCCC(C1)N2CCC(=O)N1CCOCC1. The van der Waals surface area contributed by atoms with E-state index in [0.717, 1.165) is 19.6 Å². The van der Waals surface area contributed by atoms with Gasteiger partial charge < -0.3 is 15.0 Å². The van der Waals surface area contributed by atoms with Crippen molar-refractivity contribution in [2.75, 3.05) is 39.9 Å². The van der Waals surface area contributed by atoms with Crippen LogP contribution in [0.5, 0.6) is 0 Å². The molecular weight excluding hydrogens is 266 g/mol. The molecular formula is C16H29N3O2. The fraction of sp³-hybridized carbons (Fsp3) is 0.938. The Kier molecular flexibility index (Phi) is 5.14. The Hall–Kier alpha value is -0.650. The average molecular weight is 295 g/mol. The fourth-order valence-corrected chi connectivity index (χ4v) is 4.27. The van der Waals surface area contributed by atoms with Gasteiger partial charge in [0.15, 0.2) is 0 Å². The molecule has 3 saturated heterocycles. The van der Waals surface area contributed by atoms with Crippen molar-refractivity contribution >= 4 is 5.91 Å². The van der Waals surface area contributed by atoms with E-state index in [-0.39, 0.29) is 0 Å². The third kappa shape index (κ3) is 3.58. The van der Waals surface area contributed by atoms with E-state index in [4.69, 9.17) is 4.74 Å². The first kappa shape index (κ1) is 15.3. The molecule has 120 valence electrons. The van der Waals surface area contributed by atoms with Crippen molar-refractivity contribution in [3.05, 3.63) is 0 Å². The Morgan fingerprint density at radius 3 is 2.48 bits per heavy atom. The molecule has 3 rings (SSSR count). The minimum absolute atomic E-state index is 0.312. The van der Waals surface area contributed by atoms with E-state index >= 15 is 0 Å². The summed E-state index contributed by atoms with van der Waals surface area (Å²) in [5.41, 5.74) is 0. The quantitative estimate of drug-likeness (QED) is 0.835. The van der Waals surface area contributed by atoms with Gasteiger partial charge in [0.25, 0.3) is 0 Å². The van der Waals surface area contributed by atoms with Crippen LogP contribution in [0.25, 0.3) is 0 Å². The van der Waals surface area contributed by atoms with Gasteiger partial charge in [0.05, 0.1) is 13.2 Å². The van der Waals surface area contributed by atoms with Gasteiger partial charge in [0.2, 0.25) is 5.91 Å². The van der Waals surface area contributed by atoms with Gasteiger partial charge >= 0.3 is 0 Å². The largest absolute Gasteiger partial charge is 0.378 e. The van der Waals surface area contributed by atoms with Gasteiger partial charge in [-0.2, -0.15) is 0 Å². The van der Waals surface area contributed by atoms with Crippen molar-refractivity contribution in [1.29, 1.82) is 0 Å². The number of carbonyl (C=O) groups excluding carboxylic acids is 1. The Balaban J connectivity index is 1.51. The average Bonchev–Trinajstić information content (AvgIpc) is 2.52. The van der Waals surface area contributed by atoms with Crippen LogP contribution in [-0.2, 0) is 9.53 Å². The van der Waals surface area contributed by atoms with Crippen LogP contribution in [0.15, 0.2) is 0 Å². The van der Waals surface area contributed by atoms with E-state index in [0.29, 0.717) is 43.7 Å². The van der Waals surface area contributed by atoms with Crippen molar-refractivity contribution in [3.63, 3.8) is 0 Å². The van der Waals surface area contributed by atoms with E-state index in [1.807, 2.05) is 4.90 Å². The summed E-state index contributed by atoms with van der Waals surface area (Å²) in [5, 5.41) is 3.45. The van der Waals surface area contributed by atoms with Crippen molar-refractivity contribution in [1.82, 2.24) is 15.1 Å². The van der Waals surface area contributed by atoms with Crippen LogP contribution < -0.4 is 5.32 Å². The first-order chi connectivity index (χ1) is 10.3. The topological polar surface area (TPSA) is 44.8 Å². The first-order valence-corrected chi connectivity index (χ1v) is 8.56. The molecule has 21 heavy (non-hydrogen) atoms. The van der Waals surface area contributed by atoms with Gasteiger partial charge in [-0.3, -0.25) is 9.69 Å². The first-order valence-electron chi connectivity index (χ1n) is 8.56. The fourth-order valence-electron chi connectivity index (χ4n) is 4.27. The van der Waals surface area contributed by atoms with E-state index in [1.54, 1.807) is 0 Å². The molecule has 3 aliphatic rings. The molecule has 3 fully saturated rings. The lowest BCUT2D eigenvalue weighted by Crippen LogP contribution is -2.56.